The van der Waals surface area contributed by atoms with Crippen LogP contribution in [0.15, 0.2) is 48.6 Å². The third-order valence-corrected chi connectivity index (χ3v) is 11.6. The Labute approximate surface area is 260 Å². The first-order valence-electron chi connectivity index (χ1n) is 15.3. The second-order valence-corrected chi connectivity index (χ2v) is 14.7. The zero-order chi connectivity index (χ0) is 30.7. The SMILES string of the molecule is CO[C@H]1/C=C/C[C@H]([C@H](C)O)[C@@H](C)S(=O)(=O)NC(=O)c2ccc3c(c2)N(CCCCc2cc(Cl)ccc2CO3)C[C@@H]2CC[C@H]21. The number of anilines is 1. The summed E-state index contributed by atoms with van der Waals surface area (Å²) in [5.74, 6) is 0.0292. The molecule has 2 heterocycles. The Bertz CT molecular complexity index is 1440. The summed E-state index contributed by atoms with van der Waals surface area (Å²) < 4.78 is 41.3. The molecule has 2 aromatic carbocycles. The van der Waals surface area contributed by atoms with E-state index in [0.717, 1.165) is 56.4 Å². The van der Waals surface area contributed by atoms with Crippen molar-refractivity contribution >= 4 is 33.2 Å². The number of benzene rings is 2. The highest BCUT2D eigenvalue weighted by Gasteiger charge is 2.38. The summed E-state index contributed by atoms with van der Waals surface area (Å²) in [6.07, 6.45) is 8.18. The molecular formula is C33H43ClN2O6S. The number of allylic oxidation sites excluding steroid dienone is 1. The van der Waals surface area contributed by atoms with E-state index >= 15 is 0 Å². The van der Waals surface area contributed by atoms with Gasteiger partial charge in [0.1, 0.15) is 12.4 Å². The van der Waals surface area contributed by atoms with Crippen LogP contribution in [0, 0.1) is 17.8 Å². The fourth-order valence-corrected chi connectivity index (χ4v) is 8.23. The van der Waals surface area contributed by atoms with Gasteiger partial charge in [0.05, 0.1) is 23.1 Å². The maximum atomic E-state index is 13.4. The van der Waals surface area contributed by atoms with Gasteiger partial charge in [0, 0.05) is 36.7 Å². The second-order valence-electron chi connectivity index (χ2n) is 12.2. The number of halogens is 1. The van der Waals surface area contributed by atoms with Gasteiger partial charge in [-0.15, -0.1) is 0 Å². The van der Waals surface area contributed by atoms with Crippen LogP contribution in [0.3, 0.4) is 0 Å². The number of rotatable bonds is 2. The van der Waals surface area contributed by atoms with E-state index in [-0.39, 0.29) is 11.7 Å². The van der Waals surface area contributed by atoms with Crippen LogP contribution in [0.4, 0.5) is 5.69 Å². The van der Waals surface area contributed by atoms with Gasteiger partial charge in [0.25, 0.3) is 5.91 Å². The van der Waals surface area contributed by atoms with Crippen LogP contribution in [0.1, 0.15) is 67.4 Å². The van der Waals surface area contributed by atoms with E-state index in [0.29, 0.717) is 35.6 Å². The number of fused-ring (bicyclic) bond motifs is 3. The summed E-state index contributed by atoms with van der Waals surface area (Å²) in [4.78, 5) is 15.7. The fourth-order valence-electron chi connectivity index (χ4n) is 6.67. The normalized spacial score (nSPS) is 29.4. The smallest absolute Gasteiger partial charge is 0.264 e. The third kappa shape index (κ3) is 7.22. The average molecular weight is 631 g/mol. The van der Waals surface area contributed by atoms with E-state index in [4.69, 9.17) is 21.1 Å². The van der Waals surface area contributed by atoms with Crippen molar-refractivity contribution in [2.45, 2.75) is 76.4 Å². The fraction of sp³-hybridized carbons (Fsp3) is 0.545. The molecule has 0 radical (unpaired) electrons. The first-order valence-corrected chi connectivity index (χ1v) is 17.2. The lowest BCUT2D eigenvalue weighted by molar-refractivity contribution is 0.0133. The van der Waals surface area contributed by atoms with Crippen LogP contribution < -0.4 is 14.4 Å². The van der Waals surface area contributed by atoms with Crippen molar-refractivity contribution in [1.82, 2.24) is 4.72 Å². The number of carbonyl (C=O) groups excluding carboxylic acids is 1. The van der Waals surface area contributed by atoms with Gasteiger partial charge in [0.15, 0.2) is 0 Å². The van der Waals surface area contributed by atoms with Crippen molar-refractivity contribution in [3.05, 3.63) is 70.3 Å². The molecule has 2 bridgehead atoms. The number of aliphatic hydroxyl groups is 1. The second kappa shape index (κ2) is 13.6. The molecule has 234 valence electrons. The molecular weight excluding hydrogens is 588 g/mol. The topological polar surface area (TPSA) is 105 Å². The Morgan fingerprint density at radius 2 is 1.95 bits per heavy atom. The van der Waals surface area contributed by atoms with Crippen LogP contribution in [-0.4, -0.2) is 57.1 Å². The van der Waals surface area contributed by atoms with Crippen molar-refractivity contribution < 1.29 is 27.8 Å². The van der Waals surface area contributed by atoms with Gasteiger partial charge in [-0.25, -0.2) is 13.1 Å². The molecule has 43 heavy (non-hydrogen) atoms. The number of carbonyl (C=O) groups is 1. The molecule has 6 atom stereocenters. The summed E-state index contributed by atoms with van der Waals surface area (Å²) in [5.41, 5.74) is 3.26. The standard InChI is InChI=1S/C33H43ClN2O6S/c1-21(37)28-8-6-9-31(41-3)29-14-11-25(29)19-36-16-5-4-7-23-17-27(34)13-10-26(23)20-42-32-15-12-24(18-30(32)36)33(38)35-43(39,40)22(28)2/h6,9-10,12-13,15,17-18,21-22,25,28-29,31,37H,4-5,7-8,11,14,16,19-20H2,1-3H3,(H,35,38)/b9-6+/t21-,22+,25-,28+,29+,31-/m0/s1. The lowest BCUT2D eigenvalue weighted by Gasteiger charge is -2.43. The first-order chi connectivity index (χ1) is 20.6. The van der Waals surface area contributed by atoms with Crippen LogP contribution >= 0.6 is 11.6 Å². The summed E-state index contributed by atoms with van der Waals surface area (Å²) in [5, 5.41) is 10.2. The molecule has 0 unspecified atom stereocenters. The van der Waals surface area contributed by atoms with Crippen molar-refractivity contribution in [3.63, 3.8) is 0 Å². The van der Waals surface area contributed by atoms with Gasteiger partial charge < -0.3 is 19.5 Å². The average Bonchev–Trinajstić information content (AvgIpc) is 2.98. The Hall–Kier alpha value is -2.59. The Morgan fingerprint density at radius 1 is 1.14 bits per heavy atom. The minimum absolute atomic E-state index is 0.113. The van der Waals surface area contributed by atoms with Crippen LogP contribution in [0.25, 0.3) is 0 Å². The van der Waals surface area contributed by atoms with Crippen molar-refractivity contribution in [3.8, 4) is 5.75 Å². The van der Waals surface area contributed by atoms with Gasteiger partial charge >= 0.3 is 0 Å². The number of aliphatic hydroxyl groups excluding tert-OH is 1. The molecule has 0 aromatic heterocycles. The molecule has 0 spiro atoms. The van der Waals surface area contributed by atoms with E-state index < -0.39 is 33.2 Å². The molecule has 2 aliphatic heterocycles. The highest BCUT2D eigenvalue weighted by molar-refractivity contribution is 7.90. The highest BCUT2D eigenvalue weighted by Crippen LogP contribution is 2.41. The van der Waals surface area contributed by atoms with Gasteiger partial charge in [-0.05, 0) is 106 Å². The lowest BCUT2D eigenvalue weighted by atomic mass is 9.70. The summed E-state index contributed by atoms with van der Waals surface area (Å²) >= 11 is 6.32. The maximum Gasteiger partial charge on any atom is 0.264 e. The highest BCUT2D eigenvalue weighted by atomic mass is 35.5. The van der Waals surface area contributed by atoms with Crippen molar-refractivity contribution in [2.24, 2.45) is 17.8 Å². The largest absolute Gasteiger partial charge is 0.487 e. The van der Waals surface area contributed by atoms with E-state index in [1.807, 2.05) is 30.4 Å². The monoisotopic (exact) mass is 630 g/mol. The molecule has 1 amide bonds. The number of aryl methyl sites for hydroxylation is 1. The summed E-state index contributed by atoms with van der Waals surface area (Å²) in [6, 6.07) is 11.0. The number of nitrogens with one attached hydrogen (secondary N) is 1. The zero-order valence-electron chi connectivity index (χ0n) is 25.2. The summed E-state index contributed by atoms with van der Waals surface area (Å²) in [7, 11) is -2.38. The van der Waals surface area contributed by atoms with E-state index in [9.17, 15) is 18.3 Å². The molecule has 0 saturated heterocycles. The number of nitrogens with zero attached hydrogens (tertiary/aromatic N) is 1. The van der Waals surface area contributed by atoms with Crippen molar-refractivity contribution in [2.75, 3.05) is 25.1 Å². The van der Waals surface area contributed by atoms with E-state index in [1.54, 1.807) is 32.2 Å². The number of ether oxygens (including phenoxy) is 2. The third-order valence-electron chi connectivity index (χ3n) is 9.54. The number of hydrogen-bond donors (Lipinski definition) is 2. The van der Waals surface area contributed by atoms with Gasteiger partial charge in [0.2, 0.25) is 10.0 Å². The molecule has 2 aromatic rings. The molecule has 1 fully saturated rings. The molecule has 10 heteroatoms. The van der Waals surface area contributed by atoms with Gasteiger partial charge in [-0.2, -0.15) is 0 Å². The quantitative estimate of drug-likeness (QED) is 0.422. The Kier molecular flexibility index (Phi) is 10.1. The lowest BCUT2D eigenvalue weighted by Crippen LogP contribution is -2.44. The number of hydrogen-bond acceptors (Lipinski definition) is 7. The number of methoxy groups -OCH3 is 1. The van der Waals surface area contributed by atoms with E-state index in [1.165, 1.54) is 12.5 Å². The van der Waals surface area contributed by atoms with Gasteiger partial charge in [-0.3, -0.25) is 4.79 Å². The van der Waals surface area contributed by atoms with Crippen LogP contribution in [-0.2, 0) is 27.8 Å². The predicted molar refractivity (Wildman–Crippen MR) is 169 cm³/mol. The van der Waals surface area contributed by atoms with Gasteiger partial charge in [-0.1, -0.05) is 29.8 Å². The minimum atomic E-state index is -4.09. The maximum absolute atomic E-state index is 13.4. The Balaban J connectivity index is 1.55. The first kappa shape index (κ1) is 31.8. The molecule has 1 saturated carbocycles. The zero-order valence-corrected chi connectivity index (χ0v) is 26.7. The summed E-state index contributed by atoms with van der Waals surface area (Å²) in [6.45, 7) is 5.01. The molecule has 3 aliphatic rings. The van der Waals surface area contributed by atoms with E-state index in [2.05, 4.69) is 9.62 Å². The number of sulfonamides is 1. The number of amides is 1. The minimum Gasteiger partial charge on any atom is -0.487 e. The van der Waals surface area contributed by atoms with Crippen LogP contribution in [0.2, 0.25) is 5.02 Å². The Morgan fingerprint density at radius 3 is 2.67 bits per heavy atom. The molecule has 5 rings (SSSR count). The molecule has 2 N–H and O–H groups in total. The van der Waals surface area contributed by atoms with Crippen LogP contribution in [0.5, 0.6) is 5.75 Å². The molecule has 8 nitrogen and oxygen atoms in total. The predicted octanol–water partition coefficient (Wildman–Crippen LogP) is 5.51. The molecule has 1 aliphatic carbocycles. The van der Waals surface area contributed by atoms with Crippen molar-refractivity contribution in [1.29, 1.82) is 0 Å².